The molecule has 3 aromatic rings. The van der Waals surface area contributed by atoms with Gasteiger partial charge in [-0.25, -0.2) is 8.42 Å². The van der Waals surface area contributed by atoms with Crippen LogP contribution < -0.4 is 15.6 Å². The predicted octanol–water partition coefficient (Wildman–Crippen LogP) is 2.72. The molecule has 0 bridgehead atoms. The Labute approximate surface area is 226 Å². The molecule has 38 heavy (non-hydrogen) atoms. The number of sulfonamides is 1. The van der Waals surface area contributed by atoms with Gasteiger partial charge in [-0.15, -0.1) is 0 Å². The largest absolute Gasteiger partial charge is 0.507 e. The summed E-state index contributed by atoms with van der Waals surface area (Å²) in [7, 11) is -3.70. The number of hydrazone groups is 1. The van der Waals surface area contributed by atoms with Crippen molar-refractivity contribution in [2.24, 2.45) is 5.10 Å². The smallest absolute Gasteiger partial charge is 0.243 e. The van der Waals surface area contributed by atoms with Crippen LogP contribution in [0.4, 0.5) is 11.4 Å². The van der Waals surface area contributed by atoms with E-state index in [1.807, 2.05) is 30.3 Å². The van der Waals surface area contributed by atoms with Gasteiger partial charge in [0, 0.05) is 31.7 Å². The summed E-state index contributed by atoms with van der Waals surface area (Å²) in [6, 6.07) is 16.2. The number of hydrogen-bond donors (Lipinski definition) is 3. The van der Waals surface area contributed by atoms with Gasteiger partial charge in [-0.05, 0) is 47.3 Å². The Morgan fingerprint density at radius 2 is 1.68 bits per heavy atom. The number of benzene rings is 3. The van der Waals surface area contributed by atoms with Crippen molar-refractivity contribution in [1.29, 1.82) is 0 Å². The number of phenolic OH excluding ortho intramolecular Hbond substituents is 1. The van der Waals surface area contributed by atoms with Crippen molar-refractivity contribution in [2.45, 2.75) is 4.90 Å². The molecule has 2 heterocycles. The molecule has 0 aliphatic carbocycles. The van der Waals surface area contributed by atoms with Crippen molar-refractivity contribution in [3.05, 3.63) is 60.2 Å². The summed E-state index contributed by atoms with van der Waals surface area (Å²) in [4.78, 5) is 2.29. The third kappa shape index (κ3) is 5.74. The molecule has 0 amide bonds. The highest BCUT2D eigenvalue weighted by atomic mass is 32.2. The molecule has 10 nitrogen and oxygen atoms in total. The number of nitrogens with one attached hydrogen (secondary N) is 2. The van der Waals surface area contributed by atoms with Gasteiger partial charge < -0.3 is 24.8 Å². The second kappa shape index (κ2) is 11.6. The molecule has 0 aromatic heterocycles. The SMILES string of the molecule is O=S(=O)(c1ccc(N2CCOCC2)c(NC(=S)NN=Cc2c(O)ccc3ccccc23)c1)N1CCOCC1. The molecule has 2 fully saturated rings. The lowest BCUT2D eigenvalue weighted by atomic mass is 10.0. The van der Waals surface area contributed by atoms with Gasteiger partial charge in [0.05, 0.1) is 48.9 Å². The molecular weight excluding hydrogens is 526 g/mol. The molecule has 2 saturated heterocycles. The topological polar surface area (TPSA) is 116 Å². The van der Waals surface area contributed by atoms with Gasteiger partial charge in [-0.2, -0.15) is 9.41 Å². The van der Waals surface area contributed by atoms with Gasteiger partial charge in [0.25, 0.3) is 0 Å². The van der Waals surface area contributed by atoms with Crippen molar-refractivity contribution in [3.8, 4) is 5.75 Å². The zero-order valence-corrected chi connectivity index (χ0v) is 22.3. The van der Waals surface area contributed by atoms with Gasteiger partial charge >= 0.3 is 0 Å². The van der Waals surface area contributed by atoms with E-state index in [0.717, 1.165) is 16.5 Å². The molecule has 12 heteroatoms. The summed E-state index contributed by atoms with van der Waals surface area (Å²) < 4.78 is 38.8. The zero-order valence-electron chi connectivity index (χ0n) is 20.7. The van der Waals surface area contributed by atoms with E-state index in [4.69, 9.17) is 21.7 Å². The Kier molecular flexibility index (Phi) is 8.05. The molecule has 200 valence electrons. The summed E-state index contributed by atoms with van der Waals surface area (Å²) >= 11 is 5.48. The predicted molar refractivity (Wildman–Crippen MR) is 152 cm³/mol. The molecule has 3 aromatic carbocycles. The maximum absolute atomic E-state index is 13.3. The summed E-state index contributed by atoms with van der Waals surface area (Å²) in [5.41, 5.74) is 4.70. The van der Waals surface area contributed by atoms with E-state index < -0.39 is 10.0 Å². The van der Waals surface area contributed by atoms with Crippen LogP contribution in [0.15, 0.2) is 64.6 Å². The lowest BCUT2D eigenvalue weighted by Gasteiger charge is -2.31. The van der Waals surface area contributed by atoms with Crippen LogP contribution in [0.2, 0.25) is 0 Å². The molecule has 0 atom stereocenters. The fourth-order valence-electron chi connectivity index (χ4n) is 4.52. The van der Waals surface area contributed by atoms with Crippen LogP contribution in [-0.4, -0.2) is 81.8 Å². The fraction of sp³-hybridized carbons (Fsp3) is 0.308. The van der Waals surface area contributed by atoms with E-state index in [1.165, 1.54) is 10.5 Å². The minimum Gasteiger partial charge on any atom is -0.507 e. The third-order valence-corrected chi connectivity index (χ3v) is 8.57. The number of phenols is 1. The van der Waals surface area contributed by atoms with E-state index in [2.05, 4.69) is 20.7 Å². The third-order valence-electron chi connectivity index (χ3n) is 6.48. The zero-order chi connectivity index (χ0) is 26.5. The van der Waals surface area contributed by atoms with Crippen LogP contribution in [0.5, 0.6) is 5.75 Å². The number of fused-ring (bicyclic) bond motifs is 1. The number of morpholine rings is 2. The van der Waals surface area contributed by atoms with Crippen LogP contribution in [0, 0.1) is 0 Å². The number of rotatable bonds is 6. The fourth-order valence-corrected chi connectivity index (χ4v) is 6.11. The number of hydrogen-bond acceptors (Lipinski definition) is 8. The first-order valence-corrected chi connectivity index (χ1v) is 14.1. The van der Waals surface area contributed by atoms with Gasteiger partial charge in [-0.3, -0.25) is 5.43 Å². The average molecular weight is 556 g/mol. The van der Waals surface area contributed by atoms with Crippen LogP contribution in [0.1, 0.15) is 5.56 Å². The average Bonchev–Trinajstić information content (AvgIpc) is 2.95. The maximum Gasteiger partial charge on any atom is 0.243 e. The summed E-state index contributed by atoms with van der Waals surface area (Å²) in [5.74, 6) is 0.101. The van der Waals surface area contributed by atoms with E-state index >= 15 is 0 Å². The minimum absolute atomic E-state index is 0.101. The Morgan fingerprint density at radius 3 is 2.45 bits per heavy atom. The van der Waals surface area contributed by atoms with E-state index in [0.29, 0.717) is 63.9 Å². The van der Waals surface area contributed by atoms with E-state index in [9.17, 15) is 13.5 Å². The Hall–Kier alpha value is -3.29. The highest BCUT2D eigenvalue weighted by molar-refractivity contribution is 7.89. The normalized spacial score (nSPS) is 17.1. The molecule has 0 spiro atoms. The second-order valence-corrected chi connectivity index (χ2v) is 11.2. The van der Waals surface area contributed by atoms with E-state index in [-0.39, 0.29) is 15.8 Å². The molecule has 2 aliphatic heterocycles. The number of thiocarbonyl (C=S) groups is 1. The number of nitrogens with zero attached hydrogens (tertiary/aromatic N) is 3. The van der Waals surface area contributed by atoms with Crippen molar-refractivity contribution < 1.29 is 23.0 Å². The van der Waals surface area contributed by atoms with Crippen LogP contribution in [0.3, 0.4) is 0 Å². The number of ether oxygens (including phenoxy) is 2. The van der Waals surface area contributed by atoms with Gasteiger partial charge in [0.2, 0.25) is 10.0 Å². The van der Waals surface area contributed by atoms with Crippen LogP contribution in [0.25, 0.3) is 10.8 Å². The van der Waals surface area contributed by atoms with Crippen LogP contribution in [-0.2, 0) is 19.5 Å². The number of anilines is 2. The Morgan fingerprint density at radius 1 is 0.974 bits per heavy atom. The highest BCUT2D eigenvalue weighted by Crippen LogP contribution is 2.31. The van der Waals surface area contributed by atoms with Crippen molar-refractivity contribution in [3.63, 3.8) is 0 Å². The van der Waals surface area contributed by atoms with Crippen molar-refractivity contribution >= 4 is 55.7 Å². The summed E-state index contributed by atoms with van der Waals surface area (Å²) in [5, 5.41) is 19.7. The summed E-state index contributed by atoms with van der Waals surface area (Å²) in [6.07, 6.45) is 1.51. The second-order valence-electron chi connectivity index (χ2n) is 8.84. The molecule has 0 unspecified atom stereocenters. The molecule has 0 radical (unpaired) electrons. The Bertz CT molecular complexity index is 1450. The molecule has 2 aliphatic rings. The minimum atomic E-state index is -3.70. The van der Waals surface area contributed by atoms with Gasteiger partial charge in [-0.1, -0.05) is 30.3 Å². The maximum atomic E-state index is 13.3. The highest BCUT2D eigenvalue weighted by Gasteiger charge is 2.28. The molecule has 0 saturated carbocycles. The monoisotopic (exact) mass is 555 g/mol. The number of aromatic hydroxyl groups is 1. The van der Waals surface area contributed by atoms with E-state index in [1.54, 1.807) is 24.3 Å². The lowest BCUT2D eigenvalue weighted by Crippen LogP contribution is -2.40. The van der Waals surface area contributed by atoms with Crippen molar-refractivity contribution in [2.75, 3.05) is 62.8 Å². The van der Waals surface area contributed by atoms with Crippen molar-refractivity contribution in [1.82, 2.24) is 9.73 Å². The summed E-state index contributed by atoms with van der Waals surface area (Å²) in [6.45, 7) is 3.86. The quantitative estimate of drug-likeness (QED) is 0.240. The lowest BCUT2D eigenvalue weighted by molar-refractivity contribution is 0.0730. The first kappa shape index (κ1) is 26.3. The standard InChI is InChI=1S/C26H29N5O5S2/c32-25-8-5-19-3-1-2-4-21(19)22(25)18-27-29-26(37)28-23-17-20(38(33,34)31-11-15-36-16-12-31)6-7-24(23)30-9-13-35-14-10-30/h1-8,17-18,32H,9-16H2,(H2,28,29,37). The van der Waals surface area contributed by atoms with Gasteiger partial charge in [0.15, 0.2) is 5.11 Å². The molecular formula is C26H29N5O5S2. The van der Waals surface area contributed by atoms with Gasteiger partial charge in [0.1, 0.15) is 5.75 Å². The molecule has 5 rings (SSSR count). The Balaban J connectivity index is 1.38. The first-order valence-electron chi connectivity index (χ1n) is 12.3. The van der Waals surface area contributed by atoms with Crippen LogP contribution >= 0.6 is 12.2 Å². The first-order chi connectivity index (χ1) is 18.4. The molecule has 3 N–H and O–H groups in total.